The summed E-state index contributed by atoms with van der Waals surface area (Å²) in [5.41, 5.74) is 8.09. The maximum Gasteiger partial charge on any atom is 0.194 e. The Balaban J connectivity index is 1.24. The van der Waals surface area contributed by atoms with Gasteiger partial charge < -0.3 is 18.9 Å². The van der Waals surface area contributed by atoms with Gasteiger partial charge in [0.1, 0.15) is 5.82 Å². The van der Waals surface area contributed by atoms with E-state index in [9.17, 15) is 4.39 Å². The molecule has 0 unspecified atom stereocenters. The summed E-state index contributed by atoms with van der Waals surface area (Å²) in [6, 6.07) is 54.2. The molecule has 1 aromatic heterocycles. The minimum absolute atomic E-state index is 0.252. The van der Waals surface area contributed by atoms with Crippen LogP contribution in [-0.4, -0.2) is 4.57 Å². The third-order valence-corrected chi connectivity index (χ3v) is 8.71. The second-order valence-corrected chi connectivity index (χ2v) is 11.5. The zero-order chi connectivity index (χ0) is 31.3. The number of hydrogen-bond donors (Lipinski definition) is 0. The molecule has 0 saturated heterocycles. The number of fused-ring (bicyclic) bond motifs is 5. The molecule has 0 spiro atoms. The minimum Gasteiger partial charge on any atom is -0.449 e. The molecule has 2 heterocycles. The van der Waals surface area contributed by atoms with Crippen LogP contribution in [0.4, 0.5) is 21.5 Å². The van der Waals surface area contributed by atoms with Gasteiger partial charge in [0.05, 0.1) is 16.7 Å². The van der Waals surface area contributed by atoms with Crippen LogP contribution in [0.2, 0.25) is 0 Å². The number of anilines is 3. The number of halogens is 1. The smallest absolute Gasteiger partial charge is 0.194 e. The van der Waals surface area contributed by atoms with Gasteiger partial charge in [0.25, 0.3) is 0 Å². The highest BCUT2D eigenvalue weighted by atomic mass is 19.1. The van der Waals surface area contributed by atoms with Crippen molar-refractivity contribution >= 4 is 38.9 Å². The van der Waals surface area contributed by atoms with E-state index >= 15 is 0 Å². The van der Waals surface area contributed by atoms with Gasteiger partial charge in [0.2, 0.25) is 0 Å². The second kappa shape index (κ2) is 10.9. The lowest BCUT2D eigenvalue weighted by molar-refractivity contribution is 0.360. The zero-order valence-corrected chi connectivity index (χ0v) is 25.2. The van der Waals surface area contributed by atoms with Crippen molar-refractivity contribution in [2.75, 3.05) is 4.90 Å². The molecule has 0 aliphatic carbocycles. The average molecular weight is 611 g/mol. The topological polar surface area (TPSA) is 26.6 Å². The monoisotopic (exact) mass is 610 g/mol. The zero-order valence-electron chi connectivity index (χ0n) is 25.2. The van der Waals surface area contributed by atoms with Gasteiger partial charge in [-0.1, -0.05) is 78.9 Å². The molecule has 0 saturated carbocycles. The molecule has 8 aromatic rings. The van der Waals surface area contributed by atoms with Crippen LogP contribution >= 0.6 is 0 Å². The number of hydrogen-bond acceptors (Lipinski definition) is 3. The van der Waals surface area contributed by atoms with Crippen LogP contribution in [0.25, 0.3) is 38.6 Å². The molecule has 1 aliphatic heterocycles. The van der Waals surface area contributed by atoms with Crippen LogP contribution in [0, 0.1) is 5.82 Å². The Kier molecular flexibility index (Phi) is 6.28. The molecule has 0 bridgehead atoms. The van der Waals surface area contributed by atoms with Crippen LogP contribution in [-0.2, 0) is 0 Å². The van der Waals surface area contributed by atoms with Crippen molar-refractivity contribution in [1.82, 2.24) is 4.57 Å². The van der Waals surface area contributed by atoms with Crippen molar-refractivity contribution < 1.29 is 13.9 Å². The van der Waals surface area contributed by atoms with E-state index in [0.29, 0.717) is 23.0 Å². The SMILES string of the molecule is Fc1ccc(-c2ccc(N(c3ccc4c(c3)c3ccccc3n4-c3ccccc3)c3cccc4c3Oc3ccccc3O4)cc2)cc1. The van der Waals surface area contributed by atoms with Gasteiger partial charge in [-0.05, 0) is 96.1 Å². The molecule has 1 aliphatic rings. The molecule has 0 radical (unpaired) electrons. The minimum atomic E-state index is -0.252. The normalized spacial score (nSPS) is 11.9. The van der Waals surface area contributed by atoms with Crippen molar-refractivity contribution in [3.05, 3.63) is 170 Å². The predicted octanol–water partition coefficient (Wildman–Crippen LogP) is 12.0. The molecule has 7 aromatic carbocycles. The summed E-state index contributed by atoms with van der Waals surface area (Å²) in [5.74, 6) is 2.39. The van der Waals surface area contributed by atoms with Crippen LogP contribution in [0.3, 0.4) is 0 Å². The Morgan fingerprint density at radius 1 is 0.468 bits per heavy atom. The van der Waals surface area contributed by atoms with Gasteiger partial charge >= 0.3 is 0 Å². The molecule has 47 heavy (non-hydrogen) atoms. The van der Waals surface area contributed by atoms with E-state index in [1.165, 1.54) is 17.5 Å². The lowest BCUT2D eigenvalue weighted by Crippen LogP contribution is -2.12. The Morgan fingerprint density at radius 2 is 1.09 bits per heavy atom. The van der Waals surface area contributed by atoms with Crippen LogP contribution in [0.5, 0.6) is 23.0 Å². The second-order valence-electron chi connectivity index (χ2n) is 11.5. The molecule has 0 N–H and O–H groups in total. The summed E-state index contributed by atoms with van der Waals surface area (Å²) >= 11 is 0. The first-order valence-corrected chi connectivity index (χ1v) is 15.5. The van der Waals surface area contributed by atoms with E-state index in [0.717, 1.165) is 50.3 Å². The lowest BCUT2D eigenvalue weighted by atomic mass is 10.0. The van der Waals surface area contributed by atoms with Crippen LogP contribution < -0.4 is 14.4 Å². The van der Waals surface area contributed by atoms with Crippen molar-refractivity contribution in [2.45, 2.75) is 0 Å². The van der Waals surface area contributed by atoms with Crippen LogP contribution in [0.1, 0.15) is 0 Å². The highest BCUT2D eigenvalue weighted by Crippen LogP contribution is 2.52. The number of para-hydroxylation sites is 5. The van der Waals surface area contributed by atoms with E-state index < -0.39 is 0 Å². The summed E-state index contributed by atoms with van der Waals surface area (Å²) < 4.78 is 28.8. The number of benzene rings is 7. The van der Waals surface area contributed by atoms with E-state index in [-0.39, 0.29) is 5.82 Å². The van der Waals surface area contributed by atoms with Gasteiger partial charge in [-0.2, -0.15) is 0 Å². The first kappa shape index (κ1) is 27.0. The molecule has 0 fully saturated rings. The van der Waals surface area contributed by atoms with Gasteiger partial charge in [-0.25, -0.2) is 4.39 Å². The van der Waals surface area contributed by atoms with E-state index in [4.69, 9.17) is 9.47 Å². The van der Waals surface area contributed by atoms with Gasteiger partial charge in [-0.15, -0.1) is 0 Å². The summed E-state index contributed by atoms with van der Waals surface area (Å²) in [4.78, 5) is 2.21. The fraction of sp³-hybridized carbons (Fsp3) is 0. The standard InChI is InChI=1S/C42H27FN2O2/c43-30-21-17-28(18-22-30)29-19-23-32(24-20-29)44(38-13-8-16-41-42(38)47-40-15-7-6-14-39(40)46-41)33-25-26-37-35(27-33)34-11-4-5-12-36(34)45(37)31-9-2-1-3-10-31/h1-27H. The van der Waals surface area contributed by atoms with Crippen molar-refractivity contribution in [2.24, 2.45) is 0 Å². The molecular weight excluding hydrogens is 583 g/mol. The average Bonchev–Trinajstić information content (AvgIpc) is 3.46. The summed E-state index contributed by atoms with van der Waals surface area (Å²) in [5, 5.41) is 2.31. The predicted molar refractivity (Wildman–Crippen MR) is 187 cm³/mol. The van der Waals surface area contributed by atoms with E-state index in [1.54, 1.807) is 12.1 Å². The van der Waals surface area contributed by atoms with Crippen molar-refractivity contribution in [3.8, 4) is 39.8 Å². The number of rotatable bonds is 5. The molecule has 9 rings (SSSR count). The van der Waals surface area contributed by atoms with Gasteiger partial charge in [-0.3, -0.25) is 0 Å². The molecule has 0 atom stereocenters. The lowest BCUT2D eigenvalue weighted by Gasteiger charge is -2.30. The molecule has 4 nitrogen and oxygen atoms in total. The van der Waals surface area contributed by atoms with Gasteiger partial charge in [0, 0.05) is 27.8 Å². The Labute approximate surface area is 271 Å². The van der Waals surface area contributed by atoms with Crippen molar-refractivity contribution in [1.29, 1.82) is 0 Å². The largest absolute Gasteiger partial charge is 0.449 e. The Bertz CT molecular complexity index is 2420. The number of ether oxygens (including phenoxy) is 2. The molecular formula is C42H27FN2O2. The molecule has 0 amide bonds. The third kappa shape index (κ3) is 4.60. The third-order valence-electron chi connectivity index (χ3n) is 8.71. The first-order chi connectivity index (χ1) is 23.2. The maximum absolute atomic E-state index is 13.7. The van der Waals surface area contributed by atoms with E-state index in [2.05, 4.69) is 107 Å². The van der Waals surface area contributed by atoms with Gasteiger partial charge in [0.15, 0.2) is 23.0 Å². The number of aromatic nitrogens is 1. The highest BCUT2D eigenvalue weighted by molar-refractivity contribution is 6.10. The van der Waals surface area contributed by atoms with Crippen molar-refractivity contribution in [3.63, 3.8) is 0 Å². The fourth-order valence-electron chi connectivity index (χ4n) is 6.54. The fourth-order valence-corrected chi connectivity index (χ4v) is 6.54. The quantitative estimate of drug-likeness (QED) is 0.194. The summed E-state index contributed by atoms with van der Waals surface area (Å²) in [6.45, 7) is 0. The van der Waals surface area contributed by atoms with E-state index in [1.807, 2.05) is 42.5 Å². The summed E-state index contributed by atoms with van der Waals surface area (Å²) in [7, 11) is 0. The van der Waals surface area contributed by atoms with Crippen LogP contribution in [0.15, 0.2) is 164 Å². The Morgan fingerprint density at radius 3 is 1.87 bits per heavy atom. The first-order valence-electron chi connectivity index (χ1n) is 15.5. The molecule has 5 heteroatoms. The number of nitrogens with zero attached hydrogens (tertiary/aromatic N) is 2. The summed E-state index contributed by atoms with van der Waals surface area (Å²) in [6.07, 6.45) is 0. The highest BCUT2D eigenvalue weighted by Gasteiger charge is 2.26. The Hall–Kier alpha value is -6.33. The maximum atomic E-state index is 13.7. The molecule has 224 valence electrons.